The molecule has 0 saturated carbocycles. The van der Waals surface area contributed by atoms with E-state index in [2.05, 4.69) is 5.32 Å². The lowest BCUT2D eigenvalue weighted by molar-refractivity contribution is -0.130. The Morgan fingerprint density at radius 1 is 1.29 bits per heavy atom. The Balaban J connectivity index is 2.75. The van der Waals surface area contributed by atoms with Gasteiger partial charge in [0.2, 0.25) is 11.8 Å². The number of benzene rings is 1. The molecule has 0 aliphatic heterocycles. The molecule has 0 bridgehead atoms. The van der Waals surface area contributed by atoms with Crippen LogP contribution in [0.4, 0.5) is 0 Å². The van der Waals surface area contributed by atoms with E-state index in [1.54, 1.807) is 24.3 Å². The van der Waals surface area contributed by atoms with Crippen LogP contribution < -0.4 is 11.1 Å². The zero-order valence-corrected chi connectivity index (χ0v) is 10.5. The minimum Gasteiger partial charge on any atom is -0.368 e. The molecule has 0 fully saturated rings. The fraction of sp³-hybridized carbons (Fsp3) is 0.333. The first-order valence-corrected chi connectivity index (χ1v) is 5.59. The molecule has 1 atom stereocenters. The van der Waals surface area contributed by atoms with Crippen LogP contribution in [0.3, 0.4) is 0 Å². The van der Waals surface area contributed by atoms with Crippen LogP contribution in [0, 0.1) is 0 Å². The molecule has 0 aliphatic carbocycles. The van der Waals surface area contributed by atoms with Gasteiger partial charge in [0.25, 0.3) is 0 Å². The number of alkyl halides is 1. The maximum atomic E-state index is 11.8. The second-order valence-corrected chi connectivity index (χ2v) is 4.69. The van der Waals surface area contributed by atoms with Gasteiger partial charge in [-0.3, -0.25) is 9.59 Å². The fourth-order valence-corrected chi connectivity index (χ4v) is 1.41. The Bertz CT molecular complexity index is 418. The molecule has 1 rings (SSSR count). The van der Waals surface area contributed by atoms with Crippen molar-refractivity contribution >= 4 is 23.4 Å². The van der Waals surface area contributed by atoms with Gasteiger partial charge in [-0.1, -0.05) is 30.3 Å². The van der Waals surface area contributed by atoms with E-state index >= 15 is 0 Å². The van der Waals surface area contributed by atoms with Gasteiger partial charge in [0.05, 0.1) is 0 Å². The Morgan fingerprint density at radius 3 is 2.29 bits per heavy atom. The number of carbonyl (C=O) groups is 2. The summed E-state index contributed by atoms with van der Waals surface area (Å²) in [5.74, 6) is -1.05. The highest BCUT2D eigenvalue weighted by Gasteiger charge is 2.29. The quantitative estimate of drug-likeness (QED) is 0.796. The average Bonchev–Trinajstić information content (AvgIpc) is 2.28. The van der Waals surface area contributed by atoms with Crippen LogP contribution in [0.2, 0.25) is 0 Å². The summed E-state index contributed by atoms with van der Waals surface area (Å²) in [5.41, 5.74) is 4.72. The number of halogens is 1. The molecule has 0 spiro atoms. The lowest BCUT2D eigenvalue weighted by Gasteiger charge is -2.23. The predicted molar refractivity (Wildman–Crippen MR) is 66.5 cm³/mol. The molecule has 0 saturated heterocycles. The molecule has 4 nitrogen and oxygen atoms in total. The molecular weight excluding hydrogens is 240 g/mol. The second-order valence-electron chi connectivity index (χ2n) is 4.25. The van der Waals surface area contributed by atoms with Crippen molar-refractivity contribution in [1.29, 1.82) is 0 Å². The highest BCUT2D eigenvalue weighted by molar-refractivity contribution is 6.31. The summed E-state index contributed by atoms with van der Waals surface area (Å²) < 4.78 is 0. The third-order valence-electron chi connectivity index (χ3n) is 2.37. The fourth-order valence-electron chi connectivity index (χ4n) is 1.21. The van der Waals surface area contributed by atoms with Crippen molar-refractivity contribution in [2.75, 3.05) is 0 Å². The van der Waals surface area contributed by atoms with Crippen LogP contribution in [-0.4, -0.2) is 17.4 Å². The molecule has 0 aliphatic rings. The minimum absolute atomic E-state index is 0.443. The predicted octanol–water partition coefficient (Wildman–Crippen LogP) is 1.35. The van der Waals surface area contributed by atoms with E-state index in [-0.39, 0.29) is 0 Å². The SMILES string of the molecule is CC(C)(NC(=O)C(Cl)c1ccccc1)C(N)=O. The Morgan fingerprint density at radius 2 is 1.82 bits per heavy atom. The number of primary amides is 1. The molecule has 0 heterocycles. The van der Waals surface area contributed by atoms with Crippen molar-refractivity contribution < 1.29 is 9.59 Å². The Kier molecular flexibility index (Phi) is 4.12. The maximum Gasteiger partial charge on any atom is 0.243 e. The summed E-state index contributed by atoms with van der Waals surface area (Å²) in [7, 11) is 0. The number of hydrogen-bond donors (Lipinski definition) is 2. The highest BCUT2D eigenvalue weighted by atomic mass is 35.5. The smallest absolute Gasteiger partial charge is 0.243 e. The van der Waals surface area contributed by atoms with Crippen LogP contribution in [-0.2, 0) is 9.59 Å². The van der Waals surface area contributed by atoms with Crippen LogP contribution in [0.15, 0.2) is 30.3 Å². The second kappa shape index (κ2) is 5.19. The van der Waals surface area contributed by atoms with Crippen molar-refractivity contribution in [2.45, 2.75) is 24.8 Å². The van der Waals surface area contributed by atoms with Crippen molar-refractivity contribution in [3.63, 3.8) is 0 Å². The van der Waals surface area contributed by atoms with Gasteiger partial charge in [-0.15, -0.1) is 11.6 Å². The normalized spacial score (nSPS) is 12.9. The summed E-state index contributed by atoms with van der Waals surface area (Å²) in [5, 5.41) is 1.67. The van der Waals surface area contributed by atoms with Crippen molar-refractivity contribution in [3.8, 4) is 0 Å². The Hall–Kier alpha value is -1.55. The van der Waals surface area contributed by atoms with E-state index in [9.17, 15) is 9.59 Å². The first-order valence-electron chi connectivity index (χ1n) is 5.15. The standard InChI is InChI=1S/C12H15ClN2O2/c1-12(2,11(14)17)15-10(16)9(13)8-6-4-3-5-7-8/h3-7,9H,1-2H3,(H2,14,17)(H,15,16). The molecule has 3 N–H and O–H groups in total. The average molecular weight is 255 g/mol. The molecule has 1 aromatic carbocycles. The zero-order valence-electron chi connectivity index (χ0n) is 9.74. The number of amides is 2. The Labute approximate surface area is 105 Å². The largest absolute Gasteiger partial charge is 0.368 e. The summed E-state index contributed by atoms with van der Waals surface area (Å²) in [6.07, 6.45) is 0. The van der Waals surface area contributed by atoms with Gasteiger partial charge in [0, 0.05) is 0 Å². The van der Waals surface area contributed by atoms with Gasteiger partial charge in [0.15, 0.2) is 0 Å². The van der Waals surface area contributed by atoms with Crippen molar-refractivity contribution in [2.24, 2.45) is 5.73 Å². The number of nitrogens with one attached hydrogen (secondary N) is 1. The molecule has 1 unspecified atom stereocenters. The van der Waals surface area contributed by atoms with E-state index in [0.717, 1.165) is 0 Å². The van der Waals surface area contributed by atoms with E-state index in [4.69, 9.17) is 17.3 Å². The van der Waals surface area contributed by atoms with E-state index in [0.29, 0.717) is 5.56 Å². The summed E-state index contributed by atoms with van der Waals surface area (Å²) in [6, 6.07) is 8.90. The number of hydrogen-bond acceptors (Lipinski definition) is 2. The van der Waals surface area contributed by atoms with Crippen LogP contribution in [0.5, 0.6) is 0 Å². The van der Waals surface area contributed by atoms with Crippen molar-refractivity contribution in [3.05, 3.63) is 35.9 Å². The first kappa shape index (κ1) is 13.5. The molecule has 0 aromatic heterocycles. The number of carbonyl (C=O) groups excluding carboxylic acids is 2. The first-order chi connectivity index (χ1) is 7.84. The maximum absolute atomic E-state index is 11.8. The summed E-state index contributed by atoms with van der Waals surface area (Å²) in [4.78, 5) is 22.9. The monoisotopic (exact) mass is 254 g/mol. The van der Waals surface area contributed by atoms with E-state index in [1.807, 2.05) is 6.07 Å². The summed E-state index contributed by atoms with van der Waals surface area (Å²) in [6.45, 7) is 3.06. The third-order valence-corrected chi connectivity index (χ3v) is 2.82. The highest BCUT2D eigenvalue weighted by Crippen LogP contribution is 2.21. The molecule has 2 amide bonds. The third kappa shape index (κ3) is 3.46. The van der Waals surface area contributed by atoms with Crippen LogP contribution >= 0.6 is 11.6 Å². The van der Waals surface area contributed by atoms with Crippen molar-refractivity contribution in [1.82, 2.24) is 5.32 Å². The van der Waals surface area contributed by atoms with Gasteiger partial charge in [-0.05, 0) is 19.4 Å². The molecule has 0 radical (unpaired) electrons. The topological polar surface area (TPSA) is 72.2 Å². The summed E-state index contributed by atoms with van der Waals surface area (Å²) >= 11 is 6.00. The van der Waals surface area contributed by atoms with Gasteiger partial charge in [-0.2, -0.15) is 0 Å². The van der Waals surface area contributed by atoms with Gasteiger partial charge in [0.1, 0.15) is 10.9 Å². The lowest BCUT2D eigenvalue weighted by atomic mass is 10.0. The molecule has 5 heteroatoms. The molecule has 1 aromatic rings. The van der Waals surface area contributed by atoms with Gasteiger partial charge in [-0.25, -0.2) is 0 Å². The van der Waals surface area contributed by atoms with E-state index in [1.165, 1.54) is 13.8 Å². The minimum atomic E-state index is -1.11. The lowest BCUT2D eigenvalue weighted by Crippen LogP contribution is -2.53. The van der Waals surface area contributed by atoms with E-state index < -0.39 is 22.7 Å². The number of nitrogens with two attached hydrogens (primary N) is 1. The zero-order chi connectivity index (χ0) is 13.1. The van der Waals surface area contributed by atoms with Gasteiger partial charge >= 0.3 is 0 Å². The number of rotatable bonds is 4. The van der Waals surface area contributed by atoms with Gasteiger partial charge < -0.3 is 11.1 Å². The molecule has 92 valence electrons. The van der Waals surface area contributed by atoms with Crippen LogP contribution in [0.1, 0.15) is 24.8 Å². The van der Waals surface area contributed by atoms with Crippen LogP contribution in [0.25, 0.3) is 0 Å². The molecule has 17 heavy (non-hydrogen) atoms. The molecular formula is C12H15ClN2O2.